The van der Waals surface area contributed by atoms with Gasteiger partial charge in [-0.3, -0.25) is 0 Å². The summed E-state index contributed by atoms with van der Waals surface area (Å²) < 4.78 is 8.55. The van der Waals surface area contributed by atoms with Crippen LogP contribution in [-0.4, -0.2) is 10.2 Å². The van der Waals surface area contributed by atoms with Gasteiger partial charge in [-0.1, -0.05) is 107 Å². The zero-order valence-electron chi connectivity index (χ0n) is 26.4. The maximum Gasteiger partial charge on any atom is 1.00 e. The number of phenolic OH excluding ortho intramolecular Hbond substituents is 2. The molecule has 0 atom stereocenters. The summed E-state index contributed by atoms with van der Waals surface area (Å²) in [6.07, 6.45) is 0. The molecular formula is C28H44Na3O6P. The molecule has 10 heteroatoms. The standard InChI is InChI=1S/2C14H22O.3Na.H3O4P/c2*1-13(2,3)10-7-8-12(15)11(9-10)14(4,5)6;;;;1-5(2,3)4/h2*7-9,15H,1-6H3;;;;(H3,1,2,3,4)/q;;3*+1;/p-3. The Hall–Kier alpha value is 1.15. The molecule has 0 amide bonds. The summed E-state index contributed by atoms with van der Waals surface area (Å²) in [5.41, 5.74) is 4.83. The van der Waals surface area contributed by atoms with E-state index in [0.717, 1.165) is 11.1 Å². The third-order valence-electron chi connectivity index (χ3n) is 5.34. The minimum absolute atomic E-state index is 0. The molecule has 2 aromatic carbocycles. The number of hydrogen-bond donors (Lipinski definition) is 2. The average Bonchev–Trinajstić information content (AvgIpc) is 2.57. The second-order valence-corrected chi connectivity index (χ2v) is 13.8. The van der Waals surface area contributed by atoms with Crippen molar-refractivity contribution in [3.05, 3.63) is 58.7 Å². The Labute approximate surface area is 297 Å². The molecule has 0 aromatic heterocycles. The zero-order valence-corrected chi connectivity index (χ0v) is 33.3. The van der Waals surface area contributed by atoms with Crippen molar-refractivity contribution in [2.24, 2.45) is 0 Å². The summed E-state index contributed by atoms with van der Waals surface area (Å²) in [5, 5.41) is 19.7. The first-order valence-electron chi connectivity index (χ1n) is 11.7. The molecule has 2 N–H and O–H groups in total. The van der Waals surface area contributed by atoms with Gasteiger partial charge in [-0.25, -0.2) is 0 Å². The fourth-order valence-corrected chi connectivity index (χ4v) is 3.21. The van der Waals surface area contributed by atoms with Crippen LogP contribution in [-0.2, 0) is 26.2 Å². The van der Waals surface area contributed by atoms with Gasteiger partial charge in [0.05, 0.1) is 0 Å². The molecule has 38 heavy (non-hydrogen) atoms. The molecule has 0 spiro atoms. The quantitative estimate of drug-likeness (QED) is 0.245. The van der Waals surface area contributed by atoms with Crippen LogP contribution in [0.3, 0.4) is 0 Å². The second-order valence-electron chi connectivity index (χ2n) is 12.9. The van der Waals surface area contributed by atoms with Crippen LogP contribution in [0.25, 0.3) is 0 Å². The predicted molar refractivity (Wildman–Crippen MR) is 139 cm³/mol. The van der Waals surface area contributed by atoms with E-state index in [2.05, 4.69) is 95.2 Å². The Morgan fingerprint density at radius 2 is 0.737 bits per heavy atom. The van der Waals surface area contributed by atoms with E-state index in [0.29, 0.717) is 11.5 Å². The van der Waals surface area contributed by atoms with Crippen molar-refractivity contribution in [2.45, 2.75) is 105 Å². The topological polar surface area (TPSA) is 127 Å². The van der Waals surface area contributed by atoms with Gasteiger partial charge in [0.25, 0.3) is 0 Å². The third-order valence-corrected chi connectivity index (χ3v) is 5.34. The van der Waals surface area contributed by atoms with E-state index in [9.17, 15) is 10.2 Å². The zero-order chi connectivity index (χ0) is 28.2. The van der Waals surface area contributed by atoms with Gasteiger partial charge in [-0.2, -0.15) is 7.82 Å². The minimum atomic E-state index is -5.39. The summed E-state index contributed by atoms with van der Waals surface area (Å²) >= 11 is 0. The fraction of sp³-hybridized carbons (Fsp3) is 0.571. The Morgan fingerprint density at radius 1 is 0.526 bits per heavy atom. The van der Waals surface area contributed by atoms with Crippen molar-refractivity contribution in [3.8, 4) is 11.5 Å². The molecule has 200 valence electrons. The number of rotatable bonds is 0. The summed E-state index contributed by atoms with van der Waals surface area (Å²) in [7, 11) is -5.39. The Kier molecular flexibility index (Phi) is 21.0. The largest absolute Gasteiger partial charge is 1.00 e. The predicted octanol–water partition coefficient (Wildman–Crippen LogP) is -3.84. The van der Waals surface area contributed by atoms with E-state index in [1.165, 1.54) is 11.1 Å². The molecule has 2 rings (SSSR count). The van der Waals surface area contributed by atoms with Crippen LogP contribution in [0, 0.1) is 0 Å². The maximum atomic E-state index is 9.84. The maximum absolute atomic E-state index is 9.84. The molecular weight excluding hydrogens is 532 g/mol. The van der Waals surface area contributed by atoms with Crippen LogP contribution < -0.4 is 103 Å². The van der Waals surface area contributed by atoms with Gasteiger partial charge in [0.15, 0.2) is 0 Å². The van der Waals surface area contributed by atoms with Crippen LogP contribution >= 0.6 is 7.82 Å². The van der Waals surface area contributed by atoms with Crippen molar-refractivity contribution in [1.82, 2.24) is 0 Å². The molecule has 0 unspecified atom stereocenters. The van der Waals surface area contributed by atoms with E-state index in [1.807, 2.05) is 12.1 Å². The van der Waals surface area contributed by atoms with Crippen LogP contribution in [0.15, 0.2) is 36.4 Å². The van der Waals surface area contributed by atoms with E-state index in [1.54, 1.807) is 12.1 Å². The molecule has 0 saturated heterocycles. The first-order valence-corrected chi connectivity index (χ1v) is 13.1. The van der Waals surface area contributed by atoms with Crippen molar-refractivity contribution in [2.75, 3.05) is 0 Å². The van der Waals surface area contributed by atoms with E-state index in [4.69, 9.17) is 19.2 Å². The minimum Gasteiger partial charge on any atom is -0.822 e. The van der Waals surface area contributed by atoms with Gasteiger partial charge in [0.2, 0.25) is 0 Å². The van der Waals surface area contributed by atoms with Gasteiger partial charge < -0.3 is 29.5 Å². The van der Waals surface area contributed by atoms with Crippen LogP contribution in [0.4, 0.5) is 0 Å². The molecule has 0 heterocycles. The van der Waals surface area contributed by atoms with Gasteiger partial charge in [0, 0.05) is 0 Å². The number of aromatic hydroxyl groups is 2. The third kappa shape index (κ3) is 18.6. The van der Waals surface area contributed by atoms with Crippen molar-refractivity contribution < 1.29 is 118 Å². The second kappa shape index (κ2) is 17.3. The molecule has 0 bridgehead atoms. The summed E-state index contributed by atoms with van der Waals surface area (Å²) in [4.78, 5) is 25.6. The van der Waals surface area contributed by atoms with Gasteiger partial charge in [0.1, 0.15) is 11.5 Å². The summed E-state index contributed by atoms with van der Waals surface area (Å²) in [5.74, 6) is 0.797. The first-order chi connectivity index (χ1) is 15.2. The molecule has 0 aliphatic heterocycles. The molecule has 0 aliphatic rings. The monoisotopic (exact) mass is 576 g/mol. The molecule has 0 saturated carbocycles. The van der Waals surface area contributed by atoms with Crippen molar-refractivity contribution in [3.63, 3.8) is 0 Å². The molecule has 6 nitrogen and oxygen atoms in total. The SMILES string of the molecule is CC(C)(C)c1ccc(O)c(C(C)(C)C)c1.CC(C)(C)c1ccc(O)c(C(C)(C)C)c1.O=P([O-])([O-])[O-].[Na+].[Na+].[Na+]. The number of hydrogen-bond acceptors (Lipinski definition) is 6. The molecule has 0 aliphatic carbocycles. The van der Waals surface area contributed by atoms with Crippen molar-refractivity contribution in [1.29, 1.82) is 0 Å². The Morgan fingerprint density at radius 3 is 0.895 bits per heavy atom. The summed E-state index contributed by atoms with van der Waals surface area (Å²) in [6.45, 7) is 25.8. The number of benzene rings is 2. The smallest absolute Gasteiger partial charge is 0.822 e. The molecule has 0 fully saturated rings. The van der Waals surface area contributed by atoms with Gasteiger partial charge in [-0.15, -0.1) is 0 Å². The summed E-state index contributed by atoms with van der Waals surface area (Å²) in [6, 6.07) is 11.9. The van der Waals surface area contributed by atoms with Crippen LogP contribution in [0.1, 0.15) is 105 Å². The number of phosphoric acid groups is 1. The normalized spacial score (nSPS) is 11.8. The Bertz CT molecular complexity index is 943. The van der Waals surface area contributed by atoms with Gasteiger partial charge >= 0.3 is 88.7 Å². The van der Waals surface area contributed by atoms with E-state index >= 15 is 0 Å². The Balaban J connectivity index is -0.000000242. The van der Waals surface area contributed by atoms with E-state index in [-0.39, 0.29) is 110 Å². The van der Waals surface area contributed by atoms with Gasteiger partial charge in [-0.05, 0) is 56.0 Å². The number of phenols is 2. The van der Waals surface area contributed by atoms with Crippen molar-refractivity contribution >= 4 is 7.82 Å². The average molecular weight is 577 g/mol. The molecule has 2 aromatic rings. The molecule has 0 radical (unpaired) electrons. The van der Waals surface area contributed by atoms with Crippen LogP contribution in [0.2, 0.25) is 0 Å². The first kappa shape index (κ1) is 46.1. The van der Waals surface area contributed by atoms with Crippen LogP contribution in [0.5, 0.6) is 11.5 Å². The van der Waals surface area contributed by atoms with E-state index < -0.39 is 7.82 Å². The fourth-order valence-electron chi connectivity index (χ4n) is 3.21.